The van der Waals surface area contributed by atoms with Gasteiger partial charge in [0.1, 0.15) is 18.3 Å². The molecule has 0 aliphatic carbocycles. The van der Waals surface area contributed by atoms with E-state index in [9.17, 15) is 0 Å². The van der Waals surface area contributed by atoms with Gasteiger partial charge in [0.05, 0.1) is 54.7 Å². The Bertz CT molecular complexity index is 4110. The lowest BCUT2D eigenvalue weighted by Crippen LogP contribution is -2.36. The average molecular weight is 2050 g/mol. The lowest BCUT2D eigenvalue weighted by Gasteiger charge is -2.22. The number of hydrogen-bond donors (Lipinski definition) is 1. The van der Waals surface area contributed by atoms with Gasteiger partial charge in [0, 0.05) is 246 Å². The molecule has 2 unspecified atom stereocenters. The van der Waals surface area contributed by atoms with E-state index in [4.69, 9.17) is 33.2 Å². The number of nitrogens with one attached hydrogen (secondary N) is 1. The van der Waals surface area contributed by atoms with E-state index in [0.717, 1.165) is 160 Å². The van der Waals surface area contributed by atoms with E-state index in [1.54, 1.807) is 6.20 Å². The summed E-state index contributed by atoms with van der Waals surface area (Å²) < 4.78 is 60.2. The van der Waals surface area contributed by atoms with E-state index in [1.165, 1.54) is 127 Å². The highest BCUT2D eigenvalue weighted by atomic mass is 16.5. The number of hydrogen-bond acceptors (Lipinski definition) is 13. The average Bonchev–Trinajstić information content (AvgIpc) is 1.79. The van der Waals surface area contributed by atoms with E-state index in [2.05, 4.69) is 408 Å². The van der Waals surface area contributed by atoms with Gasteiger partial charge < -0.3 is 93.9 Å². The topological polar surface area (TPSA) is 171 Å². The first-order valence-electron chi connectivity index (χ1n) is 57.0. The molecule has 10 aromatic rings. The van der Waals surface area contributed by atoms with Gasteiger partial charge in [-0.15, -0.1) is 0 Å². The second kappa shape index (κ2) is 86.7. The quantitative estimate of drug-likeness (QED) is 0.0358. The molecule has 11 heterocycles. The monoisotopic (exact) mass is 2050 g/mol. The Labute approximate surface area is 901 Å². The zero-order valence-electron chi connectivity index (χ0n) is 101. The third kappa shape index (κ3) is 86.4. The van der Waals surface area contributed by atoms with Crippen LogP contribution in [-0.2, 0) is 99.5 Å². The molecule has 844 valence electrons. The summed E-state index contributed by atoms with van der Waals surface area (Å²) >= 11 is 0. The fraction of sp³-hybridized carbons (Fsp3) is 0.702. The van der Waals surface area contributed by atoms with Crippen LogP contribution in [0.15, 0.2) is 203 Å². The van der Waals surface area contributed by atoms with Crippen LogP contribution in [0.3, 0.4) is 0 Å². The number of likely N-dealkylation sites (tertiary alicyclic amines) is 1. The third-order valence-corrected chi connectivity index (χ3v) is 23.8. The first-order chi connectivity index (χ1) is 69.7. The predicted molar refractivity (Wildman–Crippen MR) is 628 cm³/mol. The van der Waals surface area contributed by atoms with Crippen molar-refractivity contribution in [2.24, 2.45) is 37.8 Å². The van der Waals surface area contributed by atoms with E-state index in [-0.39, 0.29) is 22.8 Å². The molecule has 2 atom stereocenters. The van der Waals surface area contributed by atoms with E-state index in [0.29, 0.717) is 43.1 Å². The summed E-state index contributed by atoms with van der Waals surface area (Å²) in [5.41, 5.74) is 2.98. The van der Waals surface area contributed by atoms with Crippen molar-refractivity contribution in [3.8, 4) is 0 Å². The zero-order chi connectivity index (χ0) is 110. The third-order valence-electron chi connectivity index (χ3n) is 23.8. The summed E-state index contributed by atoms with van der Waals surface area (Å²) in [5, 5.41) is 3.45. The van der Waals surface area contributed by atoms with Crippen molar-refractivity contribution in [1.29, 1.82) is 0 Å². The SMILES string of the molecule is CC(C)(C)NCCCn1ccnc1.CC(C)(C)OCCCN1CCCC1.CC(C)CCCC(C)n1cccc1.CC(C)CCCn1cccc1.CC(C)CCc1nccn1C.CC(C)OCCC(C)n1cccc1.CC(C)OCCCn1cccc1.CC(C)OCCn1cccc1.CC(C)OCc1nccn1C.CCN(CC)CCCOC(C)(C)C.Cc1cccn1CCCCC(C)C.Cc1cccn1CCCOC(C)C. The molecule has 1 aliphatic rings. The number of imidazole rings is 3. The van der Waals surface area contributed by atoms with Crippen molar-refractivity contribution < 1.29 is 33.2 Å². The van der Waals surface area contributed by atoms with Crippen molar-refractivity contribution in [2.45, 2.75) is 449 Å². The maximum Gasteiger partial charge on any atom is 0.134 e. The Morgan fingerprint density at radius 2 is 0.741 bits per heavy atom. The summed E-state index contributed by atoms with van der Waals surface area (Å²) in [4.78, 5) is 17.3. The molecule has 0 bridgehead atoms. The highest BCUT2D eigenvalue weighted by Crippen LogP contribution is 2.19. The summed E-state index contributed by atoms with van der Waals surface area (Å²) in [6, 6.07) is 30.3. The molecule has 1 saturated heterocycles. The standard InChI is InChI=1S/2C12H21N.C11H19NO.C11H23NO.C11H19NO.C11H25NO.C10H19N3.C10H17NO.C10H17N.C9H16N2.C9H15NO.C8H14N2O/c1-11(2)7-6-8-12(3)13-9-4-5-10-13;1-11(2)7-4-5-9-13-10-6-8-12(13)3;1-10(2)13-9-5-8-12-7-4-6-11(12)3;1-11(2,3)13-10-6-9-12-7-4-5-8-12;1-10(2)13-9-6-11(3)12-7-4-5-8-12;1-6-12(7-2)9-8-10-13-11(3,4)5;1-10(2,3)12-5-4-7-13-8-6-11-9-13;1-10(2)12-9-5-8-11-6-3-4-7-11;1-10(2)6-5-9-11-7-3-4-8-11;1-8(2)4-5-9-10-6-7-11(9)3;1-9(2)11-8-7-10-5-3-4-6-10;1-7(2)11-6-8-9-4-5-10(8)3/h4-5,9-12H,6-8H2,1-3H3;6,8,10-11H,4-5,7,9H2,1-3H3;4,6-7,10H,5,8-9H2,1-3H3;4-10H2,1-3H3;4-5,7-8,10-11H,6,9H2,1-3H3;6-10H2,1-5H3;6,8-9,12H,4-5,7H2,1-3H3;3-4,6-7,10H,5,8-9H2,1-2H3;3-4,7-8,10H,5-6,9H2,1-2H3;6-8H,4-5H2,1-3H3;3-6,9H,7-8H2,1-2H3;4-5,7H,6H2,1-3H3. The number of nitrogens with zero attached hydrogens (tertiary/aromatic N) is 15. The summed E-state index contributed by atoms with van der Waals surface area (Å²) in [6.07, 6.45) is 62.6. The number of aromatic nitrogens is 13. The molecule has 10 aromatic heterocycles. The van der Waals surface area contributed by atoms with Gasteiger partial charge in [0.15, 0.2) is 0 Å². The fourth-order valence-corrected chi connectivity index (χ4v) is 14.8. The van der Waals surface area contributed by atoms with Gasteiger partial charge in [-0.3, -0.25) is 0 Å². The van der Waals surface area contributed by atoms with Crippen molar-refractivity contribution in [3.63, 3.8) is 0 Å². The van der Waals surface area contributed by atoms with Crippen molar-refractivity contribution in [1.82, 2.24) is 75.7 Å². The number of ether oxygens (including phenoxy) is 7. The Kier molecular flexibility index (Phi) is 82.1. The van der Waals surface area contributed by atoms with Gasteiger partial charge in [0.2, 0.25) is 0 Å². The molecule has 0 spiro atoms. The Balaban J connectivity index is 0.00000158. The van der Waals surface area contributed by atoms with E-state index in [1.807, 2.05) is 106 Å². The van der Waals surface area contributed by atoms with Crippen LogP contribution in [0, 0.1) is 37.5 Å². The van der Waals surface area contributed by atoms with Gasteiger partial charge in [-0.2, -0.15) is 0 Å². The molecule has 23 nitrogen and oxygen atoms in total. The second-order valence-corrected chi connectivity index (χ2v) is 45.1. The minimum atomic E-state index is 0.0171. The molecule has 0 radical (unpaired) electrons. The lowest BCUT2D eigenvalue weighted by molar-refractivity contribution is -0.00688. The maximum absolute atomic E-state index is 5.66. The van der Waals surface area contributed by atoms with Gasteiger partial charge in [-0.1, -0.05) is 94.9 Å². The number of rotatable bonds is 53. The van der Waals surface area contributed by atoms with Crippen LogP contribution < -0.4 is 5.32 Å². The molecule has 1 N–H and O–H groups in total. The minimum Gasteiger partial charge on any atom is -0.379 e. The molecule has 1 aliphatic heterocycles. The Hall–Kier alpha value is -7.81. The molecule has 1 fully saturated rings. The molecule has 0 saturated carbocycles. The normalized spacial score (nSPS) is 12.4. The molecule has 0 amide bonds. The second-order valence-electron chi connectivity index (χ2n) is 45.1. The largest absolute Gasteiger partial charge is 0.379 e. The van der Waals surface area contributed by atoms with Gasteiger partial charge >= 0.3 is 0 Å². The number of aryl methyl sites for hydroxylation is 10. The predicted octanol–water partition coefficient (Wildman–Crippen LogP) is 30.0. The van der Waals surface area contributed by atoms with Crippen LogP contribution in [0.1, 0.15) is 359 Å². The van der Waals surface area contributed by atoms with E-state index < -0.39 is 0 Å². The fourth-order valence-electron chi connectivity index (χ4n) is 14.8. The molecule has 0 aromatic carbocycles. The van der Waals surface area contributed by atoms with Gasteiger partial charge in [-0.05, 0) is 384 Å². The Morgan fingerprint density at radius 3 is 1.16 bits per heavy atom. The summed E-state index contributed by atoms with van der Waals surface area (Å²) in [6.45, 7) is 91.7. The zero-order valence-corrected chi connectivity index (χ0v) is 101. The van der Waals surface area contributed by atoms with Crippen LogP contribution >= 0.6 is 0 Å². The van der Waals surface area contributed by atoms with Crippen LogP contribution in [0.5, 0.6) is 0 Å². The van der Waals surface area contributed by atoms with E-state index >= 15 is 0 Å². The Morgan fingerprint density at radius 1 is 0.347 bits per heavy atom. The smallest absolute Gasteiger partial charge is 0.134 e. The number of unbranched alkanes of at least 4 members (excludes halogenated alkanes) is 1. The molecular formula is C124H226N16O7. The van der Waals surface area contributed by atoms with Gasteiger partial charge in [-0.25, -0.2) is 15.0 Å². The summed E-state index contributed by atoms with van der Waals surface area (Å²) in [5.74, 6) is 5.47. The molecule has 11 rings (SSSR count). The van der Waals surface area contributed by atoms with Crippen LogP contribution in [0.25, 0.3) is 0 Å². The van der Waals surface area contributed by atoms with Crippen molar-refractivity contribution in [2.75, 3.05) is 85.5 Å². The highest BCUT2D eigenvalue weighted by molar-refractivity contribution is 5.05. The first-order valence-corrected chi connectivity index (χ1v) is 57.0. The van der Waals surface area contributed by atoms with Crippen LogP contribution in [0.2, 0.25) is 0 Å². The summed E-state index contributed by atoms with van der Waals surface area (Å²) in [7, 11) is 4.01. The maximum atomic E-state index is 5.66. The first kappa shape index (κ1) is 139. The van der Waals surface area contributed by atoms with Crippen LogP contribution in [0.4, 0.5) is 0 Å². The van der Waals surface area contributed by atoms with Gasteiger partial charge in [0.25, 0.3) is 0 Å². The van der Waals surface area contributed by atoms with Crippen molar-refractivity contribution in [3.05, 3.63) is 226 Å². The van der Waals surface area contributed by atoms with Crippen molar-refractivity contribution >= 4 is 0 Å². The van der Waals surface area contributed by atoms with Crippen LogP contribution in [-0.4, -0.2) is 203 Å². The lowest BCUT2D eigenvalue weighted by atomic mass is 10.0. The molecule has 147 heavy (non-hydrogen) atoms. The minimum absolute atomic E-state index is 0.0171. The molecular weight excluding hydrogens is 1830 g/mol. The highest BCUT2D eigenvalue weighted by Gasteiger charge is 2.16. The molecule has 23 heteroatoms.